The SMILES string of the molecule is COCC(N)=N[C@@H]1CCCC[C@@H]1Nc1nc(C(=O)NCCOC(C)C)nc2ccc(C)cc12. The van der Waals surface area contributed by atoms with Crippen molar-refractivity contribution in [3.63, 3.8) is 0 Å². The largest absolute Gasteiger partial charge is 0.386 e. The Kier molecular flexibility index (Phi) is 8.96. The Balaban J connectivity index is 1.86. The van der Waals surface area contributed by atoms with Gasteiger partial charge in [0, 0.05) is 25.1 Å². The third-order valence-corrected chi connectivity index (χ3v) is 5.57. The molecule has 1 aromatic carbocycles. The monoisotopic (exact) mass is 456 g/mol. The molecule has 1 aliphatic rings. The van der Waals surface area contributed by atoms with E-state index < -0.39 is 0 Å². The predicted octanol–water partition coefficient (Wildman–Crippen LogP) is 2.82. The van der Waals surface area contributed by atoms with E-state index in [-0.39, 0.29) is 29.9 Å². The Morgan fingerprint density at radius 1 is 1.27 bits per heavy atom. The number of nitrogens with one attached hydrogen (secondary N) is 2. The fourth-order valence-corrected chi connectivity index (χ4v) is 4.00. The molecular weight excluding hydrogens is 420 g/mol. The van der Waals surface area contributed by atoms with Gasteiger partial charge in [-0.15, -0.1) is 0 Å². The standard InChI is InChI=1S/C24H36N6O3/c1-15(2)33-12-11-26-24(31)23-28-18-10-9-16(3)13-17(18)22(30-23)29-20-8-6-5-7-19(20)27-21(25)14-32-4/h9-10,13,15,19-20H,5-8,11-12,14H2,1-4H3,(H2,25,27)(H,26,31)(H,28,29,30)/t19-,20+/m1/s1. The molecule has 9 heteroatoms. The Hall–Kier alpha value is -2.78. The molecular formula is C24H36N6O3. The molecule has 0 spiro atoms. The normalized spacial score (nSPS) is 19.1. The Bertz CT molecular complexity index is 978. The summed E-state index contributed by atoms with van der Waals surface area (Å²) in [5, 5.41) is 7.29. The molecule has 0 saturated heterocycles. The summed E-state index contributed by atoms with van der Waals surface area (Å²) < 4.78 is 10.6. The van der Waals surface area contributed by atoms with Crippen LogP contribution in [0.2, 0.25) is 0 Å². The van der Waals surface area contributed by atoms with Crippen LogP contribution in [0.1, 0.15) is 55.7 Å². The van der Waals surface area contributed by atoms with Crippen molar-refractivity contribution in [3.8, 4) is 0 Å². The van der Waals surface area contributed by atoms with E-state index in [1.807, 2.05) is 39.0 Å². The number of carbonyl (C=O) groups excluding carboxylic acids is 1. The summed E-state index contributed by atoms with van der Waals surface area (Å²) >= 11 is 0. The van der Waals surface area contributed by atoms with Gasteiger partial charge in [-0.3, -0.25) is 9.79 Å². The molecule has 0 aliphatic heterocycles. The summed E-state index contributed by atoms with van der Waals surface area (Å²) in [6, 6.07) is 6.02. The predicted molar refractivity (Wildman–Crippen MR) is 131 cm³/mol. The fraction of sp³-hybridized carbons (Fsp3) is 0.583. The molecule has 1 heterocycles. The van der Waals surface area contributed by atoms with E-state index in [0.717, 1.165) is 42.1 Å². The second kappa shape index (κ2) is 11.9. The van der Waals surface area contributed by atoms with Crippen LogP contribution in [0, 0.1) is 6.92 Å². The number of hydrogen-bond acceptors (Lipinski definition) is 7. The van der Waals surface area contributed by atoms with Gasteiger partial charge in [-0.1, -0.05) is 24.5 Å². The smallest absolute Gasteiger partial charge is 0.289 e. The van der Waals surface area contributed by atoms with Crippen molar-refractivity contribution in [3.05, 3.63) is 29.6 Å². The van der Waals surface area contributed by atoms with Gasteiger partial charge in [-0.2, -0.15) is 0 Å². The zero-order valence-corrected chi connectivity index (χ0v) is 20.1. The minimum atomic E-state index is -0.324. The highest BCUT2D eigenvalue weighted by atomic mass is 16.5. The van der Waals surface area contributed by atoms with Gasteiger partial charge in [0.2, 0.25) is 5.82 Å². The maximum absolute atomic E-state index is 12.8. The Morgan fingerprint density at radius 2 is 2.06 bits per heavy atom. The number of aryl methyl sites for hydroxylation is 1. The lowest BCUT2D eigenvalue weighted by Crippen LogP contribution is -2.38. The summed E-state index contributed by atoms with van der Waals surface area (Å²) in [5.74, 6) is 0.941. The number of ether oxygens (including phenoxy) is 2. The number of methoxy groups -OCH3 is 1. The summed E-state index contributed by atoms with van der Waals surface area (Å²) in [4.78, 5) is 26.6. The van der Waals surface area contributed by atoms with Crippen LogP contribution in [-0.2, 0) is 9.47 Å². The maximum atomic E-state index is 12.8. The van der Waals surface area contributed by atoms with Crippen LogP contribution in [0.3, 0.4) is 0 Å². The number of amidine groups is 1. The van der Waals surface area contributed by atoms with Crippen LogP contribution < -0.4 is 16.4 Å². The third kappa shape index (κ3) is 7.10. The summed E-state index contributed by atoms with van der Waals surface area (Å²) in [6.45, 7) is 7.08. The third-order valence-electron chi connectivity index (χ3n) is 5.57. The van der Waals surface area contributed by atoms with Gasteiger partial charge in [-0.25, -0.2) is 9.97 Å². The first kappa shape index (κ1) is 24.9. The minimum absolute atomic E-state index is 0.0224. The minimum Gasteiger partial charge on any atom is -0.386 e. The van der Waals surface area contributed by atoms with E-state index >= 15 is 0 Å². The average molecular weight is 457 g/mol. The number of aliphatic imine (C=N–C) groups is 1. The zero-order valence-electron chi connectivity index (χ0n) is 20.1. The highest BCUT2D eigenvalue weighted by molar-refractivity contribution is 5.96. The van der Waals surface area contributed by atoms with Gasteiger partial charge < -0.3 is 25.8 Å². The topological polar surface area (TPSA) is 124 Å². The van der Waals surface area contributed by atoms with Crippen molar-refractivity contribution in [2.45, 2.75) is 64.6 Å². The molecule has 33 heavy (non-hydrogen) atoms. The molecule has 0 radical (unpaired) electrons. The second-order valence-corrected chi connectivity index (χ2v) is 8.75. The molecule has 4 N–H and O–H groups in total. The molecule has 1 aromatic heterocycles. The molecule has 2 atom stereocenters. The number of nitrogens with zero attached hydrogens (tertiary/aromatic N) is 3. The number of carbonyl (C=O) groups is 1. The summed E-state index contributed by atoms with van der Waals surface area (Å²) in [7, 11) is 1.61. The molecule has 0 unspecified atom stereocenters. The average Bonchev–Trinajstić information content (AvgIpc) is 2.78. The number of aromatic nitrogens is 2. The number of anilines is 1. The van der Waals surface area contributed by atoms with Crippen molar-refractivity contribution >= 4 is 28.5 Å². The summed E-state index contributed by atoms with van der Waals surface area (Å²) in [5.41, 5.74) is 7.85. The molecule has 1 amide bonds. The van der Waals surface area contributed by atoms with E-state index in [4.69, 9.17) is 20.2 Å². The van der Waals surface area contributed by atoms with E-state index in [0.29, 0.717) is 31.4 Å². The quantitative estimate of drug-likeness (QED) is 0.285. The first-order valence-electron chi connectivity index (χ1n) is 11.6. The molecule has 0 bridgehead atoms. The zero-order chi connectivity index (χ0) is 23.8. The van der Waals surface area contributed by atoms with Crippen molar-refractivity contribution in [2.24, 2.45) is 10.7 Å². The van der Waals surface area contributed by atoms with Crippen LogP contribution in [0.4, 0.5) is 5.82 Å². The molecule has 1 fully saturated rings. The van der Waals surface area contributed by atoms with Crippen molar-refractivity contribution in [1.29, 1.82) is 0 Å². The number of hydrogen-bond donors (Lipinski definition) is 3. The number of rotatable bonds is 10. The first-order valence-corrected chi connectivity index (χ1v) is 11.6. The molecule has 2 aromatic rings. The Labute approximate surface area is 195 Å². The number of benzene rings is 1. The lowest BCUT2D eigenvalue weighted by atomic mass is 9.90. The van der Waals surface area contributed by atoms with Gasteiger partial charge in [0.25, 0.3) is 5.91 Å². The number of fused-ring (bicyclic) bond motifs is 1. The highest BCUT2D eigenvalue weighted by Crippen LogP contribution is 2.28. The van der Waals surface area contributed by atoms with Gasteiger partial charge in [0.15, 0.2) is 0 Å². The van der Waals surface area contributed by atoms with E-state index in [1.54, 1.807) is 7.11 Å². The fourth-order valence-electron chi connectivity index (χ4n) is 4.00. The molecule has 180 valence electrons. The van der Waals surface area contributed by atoms with E-state index in [9.17, 15) is 4.79 Å². The lowest BCUT2D eigenvalue weighted by Gasteiger charge is -2.30. The van der Waals surface area contributed by atoms with E-state index in [1.165, 1.54) is 0 Å². The second-order valence-electron chi connectivity index (χ2n) is 8.75. The van der Waals surface area contributed by atoms with Crippen molar-refractivity contribution in [1.82, 2.24) is 15.3 Å². The van der Waals surface area contributed by atoms with Crippen LogP contribution in [0.15, 0.2) is 23.2 Å². The van der Waals surface area contributed by atoms with Crippen LogP contribution in [0.5, 0.6) is 0 Å². The van der Waals surface area contributed by atoms with Gasteiger partial charge in [-0.05, 0) is 45.7 Å². The molecule has 9 nitrogen and oxygen atoms in total. The van der Waals surface area contributed by atoms with Crippen molar-refractivity contribution < 1.29 is 14.3 Å². The lowest BCUT2D eigenvalue weighted by molar-refractivity contribution is 0.0743. The summed E-state index contributed by atoms with van der Waals surface area (Å²) in [6.07, 6.45) is 4.19. The first-order chi connectivity index (χ1) is 15.9. The van der Waals surface area contributed by atoms with Crippen LogP contribution >= 0.6 is 0 Å². The van der Waals surface area contributed by atoms with Gasteiger partial charge >= 0.3 is 0 Å². The number of nitrogens with two attached hydrogens (primary N) is 1. The molecule has 3 rings (SSSR count). The highest BCUT2D eigenvalue weighted by Gasteiger charge is 2.26. The molecule has 1 aliphatic carbocycles. The maximum Gasteiger partial charge on any atom is 0.289 e. The van der Waals surface area contributed by atoms with Gasteiger partial charge in [0.1, 0.15) is 18.3 Å². The Morgan fingerprint density at radius 3 is 2.82 bits per heavy atom. The molecule has 1 saturated carbocycles. The van der Waals surface area contributed by atoms with Crippen LogP contribution in [0.25, 0.3) is 10.9 Å². The van der Waals surface area contributed by atoms with Gasteiger partial charge in [0.05, 0.1) is 24.3 Å². The van der Waals surface area contributed by atoms with E-state index in [2.05, 4.69) is 20.6 Å². The van der Waals surface area contributed by atoms with Crippen LogP contribution in [-0.4, -0.2) is 66.8 Å². The van der Waals surface area contributed by atoms with Crippen molar-refractivity contribution in [2.75, 3.05) is 32.2 Å². The number of amides is 1.